The van der Waals surface area contributed by atoms with Crippen molar-refractivity contribution < 1.29 is 4.74 Å². The first kappa shape index (κ1) is 9.24. The number of hydrogen-bond donors (Lipinski definition) is 1. The van der Waals surface area contributed by atoms with Crippen molar-refractivity contribution in [3.63, 3.8) is 0 Å². The Bertz CT molecular complexity index is 447. The van der Waals surface area contributed by atoms with E-state index in [2.05, 4.69) is 16.7 Å². The summed E-state index contributed by atoms with van der Waals surface area (Å²) in [6, 6.07) is 8.16. The van der Waals surface area contributed by atoms with E-state index in [0.29, 0.717) is 0 Å². The SMILES string of the molecule is COC(N)c1cn(C)c2ccccc12. The summed E-state index contributed by atoms with van der Waals surface area (Å²) in [4.78, 5) is 0. The van der Waals surface area contributed by atoms with Crippen molar-refractivity contribution in [1.82, 2.24) is 4.57 Å². The number of aryl methyl sites for hydroxylation is 1. The van der Waals surface area contributed by atoms with Crippen LogP contribution in [0.5, 0.6) is 0 Å². The Balaban J connectivity index is 2.66. The van der Waals surface area contributed by atoms with E-state index in [1.807, 2.05) is 25.4 Å². The Morgan fingerprint density at radius 1 is 1.36 bits per heavy atom. The molecule has 14 heavy (non-hydrogen) atoms. The summed E-state index contributed by atoms with van der Waals surface area (Å²) in [5, 5.41) is 1.16. The third-order valence-electron chi connectivity index (χ3n) is 2.49. The lowest BCUT2D eigenvalue weighted by Gasteiger charge is -2.07. The van der Waals surface area contributed by atoms with Crippen LogP contribution in [-0.4, -0.2) is 11.7 Å². The maximum absolute atomic E-state index is 5.84. The van der Waals surface area contributed by atoms with Gasteiger partial charge in [0.1, 0.15) is 6.23 Å². The number of para-hydroxylation sites is 1. The van der Waals surface area contributed by atoms with Gasteiger partial charge in [-0.25, -0.2) is 0 Å². The van der Waals surface area contributed by atoms with Gasteiger partial charge < -0.3 is 15.0 Å². The molecule has 2 rings (SSSR count). The van der Waals surface area contributed by atoms with Crippen molar-refractivity contribution in [3.8, 4) is 0 Å². The minimum Gasteiger partial charge on any atom is -0.362 e. The highest BCUT2D eigenvalue weighted by molar-refractivity contribution is 5.84. The van der Waals surface area contributed by atoms with E-state index < -0.39 is 0 Å². The molecular formula is C11H14N2O. The van der Waals surface area contributed by atoms with E-state index in [0.717, 1.165) is 10.9 Å². The largest absolute Gasteiger partial charge is 0.362 e. The zero-order valence-corrected chi connectivity index (χ0v) is 8.40. The van der Waals surface area contributed by atoms with Crippen LogP contribution in [0.1, 0.15) is 11.8 Å². The summed E-state index contributed by atoms with van der Waals surface area (Å²) in [5.41, 5.74) is 8.05. The van der Waals surface area contributed by atoms with Crippen LogP contribution in [0.15, 0.2) is 30.5 Å². The van der Waals surface area contributed by atoms with Crippen LogP contribution < -0.4 is 5.73 Å². The second-order valence-corrected chi connectivity index (χ2v) is 3.37. The summed E-state index contributed by atoms with van der Waals surface area (Å²) >= 11 is 0. The Labute approximate surface area is 83.1 Å². The van der Waals surface area contributed by atoms with Crippen molar-refractivity contribution in [2.75, 3.05) is 7.11 Å². The number of ether oxygens (including phenoxy) is 1. The zero-order valence-electron chi connectivity index (χ0n) is 8.40. The topological polar surface area (TPSA) is 40.2 Å². The number of hydrogen-bond acceptors (Lipinski definition) is 2. The lowest BCUT2D eigenvalue weighted by molar-refractivity contribution is 0.110. The molecule has 2 aromatic rings. The zero-order chi connectivity index (χ0) is 10.1. The summed E-state index contributed by atoms with van der Waals surface area (Å²) in [6.07, 6.45) is 1.67. The van der Waals surface area contributed by atoms with Gasteiger partial charge in [-0.1, -0.05) is 18.2 Å². The number of aromatic nitrogens is 1. The molecule has 1 heterocycles. The van der Waals surface area contributed by atoms with Crippen molar-refractivity contribution >= 4 is 10.9 Å². The fraction of sp³-hybridized carbons (Fsp3) is 0.273. The molecule has 0 amide bonds. The third-order valence-corrected chi connectivity index (χ3v) is 2.49. The molecule has 0 aliphatic rings. The molecule has 0 fully saturated rings. The molecular weight excluding hydrogens is 176 g/mol. The number of methoxy groups -OCH3 is 1. The molecule has 3 heteroatoms. The molecule has 0 saturated heterocycles. The third kappa shape index (κ3) is 1.31. The maximum atomic E-state index is 5.84. The van der Waals surface area contributed by atoms with Crippen molar-refractivity contribution in [3.05, 3.63) is 36.0 Å². The molecule has 1 unspecified atom stereocenters. The highest BCUT2D eigenvalue weighted by Crippen LogP contribution is 2.24. The minimum atomic E-state index is -0.346. The molecule has 3 nitrogen and oxygen atoms in total. The van der Waals surface area contributed by atoms with E-state index in [1.165, 1.54) is 5.52 Å². The normalized spacial score (nSPS) is 13.4. The lowest BCUT2D eigenvalue weighted by Crippen LogP contribution is -2.11. The van der Waals surface area contributed by atoms with Gasteiger partial charge >= 0.3 is 0 Å². The summed E-state index contributed by atoms with van der Waals surface area (Å²) in [5.74, 6) is 0. The lowest BCUT2D eigenvalue weighted by atomic mass is 10.1. The second kappa shape index (κ2) is 3.44. The summed E-state index contributed by atoms with van der Waals surface area (Å²) in [7, 11) is 3.63. The van der Waals surface area contributed by atoms with Crippen molar-refractivity contribution in [2.45, 2.75) is 6.23 Å². The molecule has 1 aromatic heterocycles. The highest BCUT2D eigenvalue weighted by Gasteiger charge is 2.11. The molecule has 0 bridgehead atoms. The fourth-order valence-corrected chi connectivity index (χ4v) is 1.73. The number of benzene rings is 1. The number of fused-ring (bicyclic) bond motifs is 1. The molecule has 74 valence electrons. The van der Waals surface area contributed by atoms with Crippen LogP contribution in [0.2, 0.25) is 0 Å². The Hall–Kier alpha value is -1.32. The average Bonchev–Trinajstić information content (AvgIpc) is 2.56. The Kier molecular flexibility index (Phi) is 2.27. The second-order valence-electron chi connectivity index (χ2n) is 3.37. The van der Waals surface area contributed by atoms with Gasteiger partial charge in [0.2, 0.25) is 0 Å². The van der Waals surface area contributed by atoms with Gasteiger partial charge in [-0.05, 0) is 6.07 Å². The van der Waals surface area contributed by atoms with E-state index in [4.69, 9.17) is 10.5 Å². The van der Waals surface area contributed by atoms with Gasteiger partial charge in [0.15, 0.2) is 0 Å². The molecule has 2 N–H and O–H groups in total. The van der Waals surface area contributed by atoms with Crippen LogP contribution in [0.4, 0.5) is 0 Å². The van der Waals surface area contributed by atoms with Crippen molar-refractivity contribution in [2.24, 2.45) is 12.8 Å². The van der Waals surface area contributed by atoms with Gasteiger partial charge in [0.25, 0.3) is 0 Å². The van der Waals surface area contributed by atoms with E-state index in [1.54, 1.807) is 7.11 Å². The van der Waals surface area contributed by atoms with Crippen LogP contribution in [-0.2, 0) is 11.8 Å². The quantitative estimate of drug-likeness (QED) is 0.733. The fourth-order valence-electron chi connectivity index (χ4n) is 1.73. The van der Waals surface area contributed by atoms with Crippen LogP contribution in [0.3, 0.4) is 0 Å². The molecule has 0 spiro atoms. The van der Waals surface area contributed by atoms with Crippen molar-refractivity contribution in [1.29, 1.82) is 0 Å². The first-order valence-electron chi connectivity index (χ1n) is 4.56. The predicted octanol–water partition coefficient (Wildman–Crippen LogP) is 1.78. The molecule has 1 atom stereocenters. The standard InChI is InChI=1S/C11H14N2O/c1-13-7-9(11(12)14-2)8-5-3-4-6-10(8)13/h3-7,11H,12H2,1-2H3. The van der Waals surface area contributed by atoms with Gasteiger partial charge in [-0.15, -0.1) is 0 Å². The Morgan fingerprint density at radius 3 is 2.79 bits per heavy atom. The Morgan fingerprint density at radius 2 is 2.07 bits per heavy atom. The van der Waals surface area contributed by atoms with Crippen LogP contribution in [0, 0.1) is 0 Å². The van der Waals surface area contributed by atoms with E-state index in [9.17, 15) is 0 Å². The van der Waals surface area contributed by atoms with E-state index in [-0.39, 0.29) is 6.23 Å². The smallest absolute Gasteiger partial charge is 0.133 e. The molecule has 0 aliphatic heterocycles. The minimum absolute atomic E-state index is 0.346. The highest BCUT2D eigenvalue weighted by atomic mass is 16.5. The first-order chi connectivity index (χ1) is 6.74. The summed E-state index contributed by atoms with van der Waals surface area (Å²) < 4.78 is 7.18. The van der Waals surface area contributed by atoms with Gasteiger partial charge in [0.05, 0.1) is 0 Å². The average molecular weight is 190 g/mol. The van der Waals surface area contributed by atoms with Crippen LogP contribution in [0.25, 0.3) is 10.9 Å². The van der Waals surface area contributed by atoms with Crippen LogP contribution >= 0.6 is 0 Å². The van der Waals surface area contributed by atoms with E-state index >= 15 is 0 Å². The summed E-state index contributed by atoms with van der Waals surface area (Å²) in [6.45, 7) is 0. The molecule has 0 radical (unpaired) electrons. The van der Waals surface area contributed by atoms with Gasteiger partial charge in [-0.2, -0.15) is 0 Å². The van der Waals surface area contributed by atoms with Gasteiger partial charge in [0, 0.05) is 36.8 Å². The monoisotopic (exact) mass is 190 g/mol. The molecule has 0 aliphatic carbocycles. The number of rotatable bonds is 2. The number of nitrogens with zero attached hydrogens (tertiary/aromatic N) is 1. The first-order valence-corrected chi connectivity index (χ1v) is 4.56. The molecule has 0 saturated carbocycles. The number of nitrogens with two attached hydrogens (primary N) is 1. The molecule has 1 aromatic carbocycles. The maximum Gasteiger partial charge on any atom is 0.133 e. The van der Waals surface area contributed by atoms with Gasteiger partial charge in [-0.3, -0.25) is 0 Å². The predicted molar refractivity (Wildman–Crippen MR) is 56.9 cm³/mol.